The van der Waals surface area contributed by atoms with E-state index in [-0.39, 0.29) is 17.1 Å². The minimum atomic E-state index is -3.52. The molecule has 0 saturated carbocycles. The zero-order valence-electron chi connectivity index (χ0n) is 40.9. The summed E-state index contributed by atoms with van der Waals surface area (Å²) in [5, 5.41) is 18.4. The van der Waals surface area contributed by atoms with Crippen molar-refractivity contribution in [3.05, 3.63) is 101 Å². The Morgan fingerprint density at radius 3 is 2.41 bits per heavy atom. The molecule has 1 aliphatic rings. The fraction of sp³-hybridized carbons (Fsp3) is 0.432. The van der Waals surface area contributed by atoms with Gasteiger partial charge in [0, 0.05) is 30.0 Å². The van der Waals surface area contributed by atoms with E-state index >= 15 is 0 Å². The molecule has 4 atom stereocenters. The van der Waals surface area contributed by atoms with Gasteiger partial charge in [-0.1, -0.05) is 92.6 Å². The topological polar surface area (TPSA) is 120 Å². The van der Waals surface area contributed by atoms with Crippen LogP contribution in [0.5, 0.6) is 5.75 Å². The number of urea groups is 1. The smallest absolute Gasteiger partial charge is 0.318 e. The second-order valence-electron chi connectivity index (χ2n) is 11.1. The number of aliphatic hydroxyl groups excluding tert-OH is 1. The van der Waals surface area contributed by atoms with E-state index in [4.69, 9.17) is 22.6 Å². The van der Waals surface area contributed by atoms with E-state index in [0.29, 0.717) is 16.7 Å². The SMILES string of the molecule is [2H]c1c([2H])c([2H])c(C([2H])([2H])[C@@H](C[C@H](O)[C@H](Cc2ccccc2)NC(=O)C([2H])([2H])Oc2c(C)cccc2C)NC(=O)[C@H](C(C)C)N2C(=O)NC([2H])([2H])C([2H])([2H])C2([2H])[2H])c([2H])c1[2H]. The average molecular weight is 644 g/mol. The lowest BCUT2D eigenvalue weighted by atomic mass is 9.92. The number of carbonyl (C=O) groups excluding carboxylic acids is 3. The number of nitrogens with one attached hydrogen (secondary N) is 3. The first-order chi connectivity index (χ1) is 27.9. The quantitative estimate of drug-likeness (QED) is 0.197. The van der Waals surface area contributed by atoms with Gasteiger partial charge in [-0.05, 0) is 67.6 Å². The van der Waals surface area contributed by atoms with E-state index in [0.717, 1.165) is 0 Å². The summed E-state index contributed by atoms with van der Waals surface area (Å²) < 4.78 is 132. The lowest BCUT2D eigenvalue weighted by Crippen LogP contribution is -2.59. The van der Waals surface area contributed by atoms with Crippen LogP contribution in [0, 0.1) is 19.8 Å². The van der Waals surface area contributed by atoms with Crippen LogP contribution < -0.4 is 20.7 Å². The number of para-hydroxylation sites is 1. The zero-order chi connectivity index (χ0) is 46.4. The van der Waals surface area contributed by atoms with Gasteiger partial charge in [-0.3, -0.25) is 9.59 Å². The van der Waals surface area contributed by atoms with Crippen molar-refractivity contribution < 1.29 is 44.8 Å². The first-order valence-corrected chi connectivity index (χ1v) is 14.7. The lowest BCUT2D eigenvalue weighted by molar-refractivity contribution is -0.128. The molecule has 9 nitrogen and oxygen atoms in total. The lowest BCUT2D eigenvalue weighted by Gasteiger charge is -2.37. The Morgan fingerprint density at radius 1 is 1.04 bits per heavy atom. The van der Waals surface area contributed by atoms with Gasteiger partial charge in [0.25, 0.3) is 5.91 Å². The van der Waals surface area contributed by atoms with E-state index in [9.17, 15) is 22.2 Å². The highest BCUT2D eigenvalue weighted by Gasteiger charge is 2.35. The van der Waals surface area contributed by atoms with E-state index < -0.39 is 122 Å². The molecule has 0 unspecified atom stereocenters. The Morgan fingerprint density at radius 2 is 1.74 bits per heavy atom. The Bertz CT molecular complexity index is 2090. The van der Waals surface area contributed by atoms with Gasteiger partial charge in [0.05, 0.1) is 21.7 Å². The Kier molecular flexibility index (Phi) is 7.06. The second-order valence-corrected chi connectivity index (χ2v) is 11.1. The Hall–Kier alpha value is -4.37. The molecule has 1 fully saturated rings. The van der Waals surface area contributed by atoms with Crippen LogP contribution in [0.2, 0.25) is 0 Å². The summed E-state index contributed by atoms with van der Waals surface area (Å²) in [4.78, 5) is 41.6. The predicted molar refractivity (Wildman–Crippen MR) is 180 cm³/mol. The van der Waals surface area contributed by atoms with Crippen molar-refractivity contribution >= 4 is 17.8 Å². The second kappa shape index (κ2) is 16.8. The summed E-state index contributed by atoms with van der Waals surface area (Å²) in [6.45, 7) is -3.89. The molecule has 46 heavy (non-hydrogen) atoms. The van der Waals surface area contributed by atoms with Gasteiger partial charge in [0.1, 0.15) is 11.8 Å². The molecule has 3 aromatic rings. The van der Waals surface area contributed by atoms with Gasteiger partial charge in [-0.15, -0.1) is 0 Å². The van der Waals surface area contributed by atoms with Crippen LogP contribution in [0.15, 0.2) is 78.7 Å². The number of benzene rings is 3. The molecular formula is C37H48N4O5. The minimum Gasteiger partial charge on any atom is -0.483 e. The van der Waals surface area contributed by atoms with Crippen molar-refractivity contribution in [2.45, 2.75) is 77.5 Å². The first kappa shape index (κ1) is 19.3. The molecule has 4 rings (SSSR count). The number of nitrogens with zero attached hydrogens (tertiary/aromatic N) is 1. The van der Waals surface area contributed by atoms with Crippen LogP contribution >= 0.6 is 0 Å². The van der Waals surface area contributed by atoms with Crippen LogP contribution in [0.3, 0.4) is 0 Å². The van der Waals surface area contributed by atoms with Crippen molar-refractivity contribution in [2.75, 3.05) is 19.6 Å². The fourth-order valence-electron chi connectivity index (χ4n) is 4.92. The molecule has 9 heteroatoms. The largest absolute Gasteiger partial charge is 0.483 e. The number of aliphatic hydroxyl groups is 1. The number of hydrogen-bond donors (Lipinski definition) is 4. The maximum Gasteiger partial charge on any atom is 0.318 e. The molecule has 246 valence electrons. The summed E-state index contributed by atoms with van der Waals surface area (Å²) in [5.74, 6) is -3.76. The molecule has 1 saturated heterocycles. The van der Waals surface area contributed by atoms with Gasteiger partial charge in [-0.25, -0.2) is 4.79 Å². The average Bonchev–Trinajstić information content (AvgIpc) is 3.15. The maximum absolute atomic E-state index is 14.4. The summed E-state index contributed by atoms with van der Waals surface area (Å²) in [6.07, 6.45) is -9.83. The van der Waals surface area contributed by atoms with Crippen molar-refractivity contribution in [2.24, 2.45) is 5.92 Å². The number of carbonyl (C=O) groups is 3. The van der Waals surface area contributed by atoms with E-state index in [2.05, 4.69) is 10.6 Å². The van der Waals surface area contributed by atoms with Crippen molar-refractivity contribution in [1.29, 1.82) is 0 Å². The van der Waals surface area contributed by atoms with Crippen LogP contribution in [0.1, 0.15) is 69.5 Å². The molecule has 0 aromatic heterocycles. The van der Waals surface area contributed by atoms with Gasteiger partial charge < -0.3 is 30.7 Å². The summed E-state index contributed by atoms with van der Waals surface area (Å²) in [6, 6.07) is 1.17. The Balaban J connectivity index is 1.84. The van der Waals surface area contributed by atoms with Crippen molar-refractivity contribution in [3.8, 4) is 5.75 Å². The van der Waals surface area contributed by atoms with Gasteiger partial charge in [0.15, 0.2) is 6.56 Å². The molecule has 1 aliphatic heterocycles. The van der Waals surface area contributed by atoms with E-state index in [1.54, 1.807) is 67.7 Å². The van der Waals surface area contributed by atoms with Crippen LogP contribution in [-0.4, -0.2) is 71.6 Å². The third-order valence-corrected chi connectivity index (χ3v) is 7.15. The molecule has 0 radical (unpaired) electrons. The highest BCUT2D eigenvalue weighted by Crippen LogP contribution is 2.22. The molecule has 1 heterocycles. The van der Waals surface area contributed by atoms with E-state index in [1.807, 2.05) is 0 Å². The number of rotatable bonds is 15. The normalized spacial score (nSPS) is 24.4. The fourth-order valence-corrected chi connectivity index (χ4v) is 4.92. The molecule has 4 N–H and O–H groups in total. The molecule has 4 amide bonds. The summed E-state index contributed by atoms with van der Waals surface area (Å²) in [5.41, 5.74) is 0.547. The van der Waals surface area contributed by atoms with Crippen LogP contribution in [0.25, 0.3) is 0 Å². The van der Waals surface area contributed by atoms with Crippen molar-refractivity contribution in [1.82, 2.24) is 20.9 Å². The number of aryl methyl sites for hydroxylation is 2. The summed E-state index contributed by atoms with van der Waals surface area (Å²) >= 11 is 0. The molecule has 3 aromatic carbocycles. The molecular weight excluding hydrogens is 580 g/mol. The molecule has 0 aliphatic carbocycles. The number of amides is 4. The highest BCUT2D eigenvalue weighted by atomic mass is 16.5. The number of hydrogen-bond acceptors (Lipinski definition) is 5. The third kappa shape index (κ3) is 9.81. The predicted octanol–water partition coefficient (Wildman–Crippen LogP) is 4.33. The number of ether oxygens (including phenoxy) is 1. The standard InChI is InChI=1S/C37H48N4O5/c1-25(2)34(41-20-12-19-38-37(41)45)36(44)39-30(21-28-15-7-5-8-16-28)23-32(42)31(22-29-17-9-6-10-18-29)40-33(43)24-46-35-26(3)13-11-14-27(35)4/h5-11,13-18,25,30-32,34,42H,12,19-24H2,1-4H3,(H,38,45)(H,39,44)(H,40,43)/t30-,31-,32-,34-/m0/s1/i5D,7D,8D,12D2,15D,16D,19D2,20D2,21D2,24D2. The minimum absolute atomic E-state index is 0.0769. The summed E-state index contributed by atoms with van der Waals surface area (Å²) in [7, 11) is 0. The van der Waals surface area contributed by atoms with Gasteiger partial charge in [-0.2, -0.15) is 0 Å². The Labute approximate surface area is 293 Å². The third-order valence-electron chi connectivity index (χ3n) is 7.15. The van der Waals surface area contributed by atoms with Gasteiger partial charge >= 0.3 is 6.03 Å². The van der Waals surface area contributed by atoms with Crippen LogP contribution in [0.4, 0.5) is 4.79 Å². The highest BCUT2D eigenvalue weighted by molar-refractivity contribution is 5.87. The monoisotopic (exact) mass is 643 g/mol. The van der Waals surface area contributed by atoms with Crippen molar-refractivity contribution in [3.63, 3.8) is 0 Å². The van der Waals surface area contributed by atoms with Gasteiger partial charge in [0.2, 0.25) is 5.91 Å². The molecule has 0 bridgehead atoms. The van der Waals surface area contributed by atoms with E-state index in [1.165, 1.54) is 13.8 Å². The van der Waals surface area contributed by atoms with Crippen LogP contribution in [-0.2, 0) is 22.4 Å². The zero-order valence-corrected chi connectivity index (χ0v) is 25.9. The first-order valence-electron chi connectivity index (χ1n) is 22.2. The maximum atomic E-state index is 14.4. The molecule has 0 spiro atoms.